The zero-order chi connectivity index (χ0) is 11.3. The van der Waals surface area contributed by atoms with Crippen molar-refractivity contribution >= 4 is 0 Å². The fourth-order valence-electron chi connectivity index (χ4n) is 1.03. The maximum absolute atomic E-state index is 2.00. The summed E-state index contributed by atoms with van der Waals surface area (Å²) in [5.41, 5.74) is 0. The predicted molar refractivity (Wildman–Crippen MR) is 69.9 cm³/mol. The molecule has 17 heavy (non-hydrogen) atoms. The molecule has 12 radical (unpaired) electrons. The van der Waals surface area contributed by atoms with Crippen LogP contribution in [0, 0.1) is 77.0 Å². The topological polar surface area (TPSA) is 0 Å². The van der Waals surface area contributed by atoms with Gasteiger partial charge in [-0.3, -0.25) is 0 Å². The second-order valence-corrected chi connectivity index (χ2v) is 3.08. The van der Waals surface area contributed by atoms with Crippen LogP contribution in [0.4, 0.5) is 0 Å². The molecule has 2 rings (SSSR count). The molecule has 0 nitrogen and oxygen atoms in total. The summed E-state index contributed by atoms with van der Waals surface area (Å²) in [6, 6.07) is 0. The second kappa shape index (κ2) is 14.4. The summed E-state index contributed by atoms with van der Waals surface area (Å²) in [5.74, 6) is 0. The van der Waals surface area contributed by atoms with Crippen molar-refractivity contribution in [3.05, 3.63) is 101 Å². The Morgan fingerprint density at radius 3 is 0.588 bits per heavy atom. The zero-order valence-electron chi connectivity index (χ0n) is 9.74. The Hall–Kier alpha value is 0.363. The summed E-state index contributed by atoms with van der Waals surface area (Å²) in [4.78, 5) is 0. The van der Waals surface area contributed by atoms with Crippen LogP contribution >= 0.6 is 0 Å². The third kappa shape index (κ3) is 12.6. The Kier molecular flexibility index (Phi) is 14.7. The first-order chi connectivity index (χ1) is 8.00. The molecule has 0 N–H and O–H groups in total. The van der Waals surface area contributed by atoms with Gasteiger partial charge in [0, 0.05) is 26.2 Å². The van der Waals surface area contributed by atoms with Crippen LogP contribution in [-0.4, -0.2) is 0 Å². The largest absolute Gasteiger partial charge is 0.0839 e. The SMILES string of the molecule is [CH]1[CH]/C=C\[CH][CH]/C=C\1.[CH]1[CH][CH][CH][CH][CH][CH][CH]1.[Zr]. The molecule has 1 fully saturated rings. The fraction of sp³-hybridized carbons (Fsp3) is 0. The molecule has 0 aliphatic heterocycles. The van der Waals surface area contributed by atoms with Gasteiger partial charge in [-0.25, -0.2) is 0 Å². The minimum absolute atomic E-state index is 0. The van der Waals surface area contributed by atoms with Crippen molar-refractivity contribution in [3.63, 3.8) is 0 Å². The molecule has 2 aliphatic carbocycles. The standard InChI is InChI=1S/2C8H8.Zr/c2*1-2-4-6-8-7-5-3-1;/h2*1-8H;/b2-1-,8-7-;;. The average molecular weight is 300 g/mol. The number of hydrogen-bond acceptors (Lipinski definition) is 0. The van der Waals surface area contributed by atoms with Crippen LogP contribution in [0.25, 0.3) is 0 Å². The van der Waals surface area contributed by atoms with Gasteiger partial charge in [0.15, 0.2) is 0 Å². The van der Waals surface area contributed by atoms with Crippen LogP contribution in [0.3, 0.4) is 0 Å². The van der Waals surface area contributed by atoms with Gasteiger partial charge in [0.25, 0.3) is 0 Å². The van der Waals surface area contributed by atoms with Crippen LogP contribution in [0.5, 0.6) is 0 Å². The van der Waals surface area contributed by atoms with Crippen LogP contribution < -0.4 is 0 Å². The van der Waals surface area contributed by atoms with Gasteiger partial charge in [-0.1, -0.05) is 24.3 Å². The molecule has 0 unspecified atom stereocenters. The third-order valence-electron chi connectivity index (χ3n) is 1.78. The van der Waals surface area contributed by atoms with Crippen LogP contribution in [0.1, 0.15) is 0 Å². The molecule has 0 spiro atoms. The quantitative estimate of drug-likeness (QED) is 0.641. The van der Waals surface area contributed by atoms with E-state index in [1.165, 1.54) is 0 Å². The second-order valence-electron chi connectivity index (χ2n) is 3.08. The molecule has 0 atom stereocenters. The van der Waals surface area contributed by atoms with E-state index in [2.05, 4.69) is 0 Å². The van der Waals surface area contributed by atoms with E-state index >= 15 is 0 Å². The Labute approximate surface area is 127 Å². The number of hydrogen-bond donors (Lipinski definition) is 0. The summed E-state index contributed by atoms with van der Waals surface area (Å²) in [7, 11) is 0. The Morgan fingerprint density at radius 2 is 0.412 bits per heavy atom. The molecular formula is C16H16Zr. The van der Waals surface area contributed by atoms with Gasteiger partial charge in [-0.15, -0.1) is 0 Å². The summed E-state index contributed by atoms with van der Waals surface area (Å²) >= 11 is 0. The Morgan fingerprint density at radius 1 is 0.235 bits per heavy atom. The molecular weight excluding hydrogens is 283 g/mol. The van der Waals surface area contributed by atoms with Crippen molar-refractivity contribution in [2.45, 2.75) is 0 Å². The first kappa shape index (κ1) is 17.4. The summed E-state index contributed by atoms with van der Waals surface area (Å²) < 4.78 is 0. The minimum Gasteiger partial charge on any atom is -0.0839 e. The molecule has 84 valence electrons. The van der Waals surface area contributed by atoms with E-state index in [-0.39, 0.29) is 26.2 Å². The monoisotopic (exact) mass is 298 g/mol. The zero-order valence-corrected chi connectivity index (χ0v) is 12.2. The van der Waals surface area contributed by atoms with Gasteiger partial charge in [-0.05, 0) is 77.0 Å². The minimum atomic E-state index is 0. The van der Waals surface area contributed by atoms with Gasteiger partial charge in [0.1, 0.15) is 0 Å². The normalized spacial score (nSPS) is 24.5. The Balaban J connectivity index is 0.000000284. The fourth-order valence-corrected chi connectivity index (χ4v) is 1.03. The summed E-state index contributed by atoms with van der Waals surface area (Å²) in [5, 5.41) is 0. The van der Waals surface area contributed by atoms with E-state index < -0.39 is 0 Å². The summed E-state index contributed by atoms with van der Waals surface area (Å²) in [6.45, 7) is 0. The van der Waals surface area contributed by atoms with Crippen molar-refractivity contribution in [2.75, 3.05) is 0 Å². The van der Waals surface area contributed by atoms with Crippen molar-refractivity contribution < 1.29 is 26.2 Å². The van der Waals surface area contributed by atoms with E-state index in [1.54, 1.807) is 0 Å². The molecule has 1 saturated carbocycles. The van der Waals surface area contributed by atoms with E-state index in [4.69, 9.17) is 0 Å². The van der Waals surface area contributed by atoms with Gasteiger partial charge in [-0.2, -0.15) is 0 Å². The van der Waals surface area contributed by atoms with Gasteiger partial charge < -0.3 is 0 Å². The molecule has 0 bridgehead atoms. The number of rotatable bonds is 0. The molecule has 2 aliphatic rings. The van der Waals surface area contributed by atoms with E-state index in [9.17, 15) is 0 Å². The molecule has 0 aromatic rings. The van der Waals surface area contributed by atoms with E-state index in [1.807, 2.05) is 101 Å². The first-order valence-electron chi connectivity index (χ1n) is 5.33. The van der Waals surface area contributed by atoms with Crippen LogP contribution in [0.2, 0.25) is 0 Å². The van der Waals surface area contributed by atoms with Crippen molar-refractivity contribution in [1.82, 2.24) is 0 Å². The molecule has 0 amide bonds. The smallest absolute Gasteiger partial charge is 0 e. The first-order valence-corrected chi connectivity index (χ1v) is 5.33. The van der Waals surface area contributed by atoms with Crippen molar-refractivity contribution in [1.29, 1.82) is 0 Å². The predicted octanol–water partition coefficient (Wildman–Crippen LogP) is 3.56. The third-order valence-corrected chi connectivity index (χ3v) is 1.78. The Bertz CT molecular complexity index is 144. The number of allylic oxidation sites excluding steroid dienone is 4. The molecule has 1 heteroatoms. The average Bonchev–Trinajstić information content (AvgIpc) is 2.15. The van der Waals surface area contributed by atoms with Gasteiger partial charge in [0.2, 0.25) is 0 Å². The van der Waals surface area contributed by atoms with Gasteiger partial charge in [0.05, 0.1) is 0 Å². The maximum atomic E-state index is 2.00. The van der Waals surface area contributed by atoms with E-state index in [0.717, 1.165) is 0 Å². The molecule has 0 aromatic heterocycles. The summed E-state index contributed by atoms with van der Waals surface area (Å²) in [6.07, 6.45) is 32.0. The maximum Gasteiger partial charge on any atom is 0 e. The van der Waals surface area contributed by atoms with Crippen LogP contribution in [-0.2, 0) is 26.2 Å². The molecule has 0 aromatic carbocycles. The molecule has 0 heterocycles. The van der Waals surface area contributed by atoms with Gasteiger partial charge >= 0.3 is 0 Å². The van der Waals surface area contributed by atoms with Crippen LogP contribution in [0.15, 0.2) is 24.3 Å². The van der Waals surface area contributed by atoms with E-state index in [0.29, 0.717) is 0 Å². The molecule has 0 saturated heterocycles. The van der Waals surface area contributed by atoms with Crippen molar-refractivity contribution in [2.24, 2.45) is 0 Å². The van der Waals surface area contributed by atoms with Crippen molar-refractivity contribution in [3.8, 4) is 0 Å².